The van der Waals surface area contributed by atoms with Crippen molar-refractivity contribution in [1.29, 1.82) is 0 Å². The van der Waals surface area contributed by atoms with Gasteiger partial charge in [0.05, 0.1) is 36.4 Å². The van der Waals surface area contributed by atoms with Gasteiger partial charge in [0.25, 0.3) is 5.92 Å². The van der Waals surface area contributed by atoms with Gasteiger partial charge in [-0.25, -0.2) is 28.5 Å². The number of anilines is 1. The monoisotopic (exact) mass is 399 g/mol. The lowest BCUT2D eigenvalue weighted by atomic mass is 10.2. The number of ether oxygens (including phenoxy) is 1. The van der Waals surface area contributed by atoms with E-state index in [0.717, 1.165) is 17.1 Å². The van der Waals surface area contributed by atoms with Crippen molar-refractivity contribution < 1.29 is 18.3 Å². The second kappa shape index (κ2) is 6.20. The lowest BCUT2D eigenvalue weighted by Crippen LogP contribution is -2.28. The Balaban J connectivity index is 1.41. The van der Waals surface area contributed by atoms with Gasteiger partial charge in [-0.3, -0.25) is 0 Å². The predicted molar refractivity (Wildman–Crippen MR) is 101 cm³/mol. The minimum atomic E-state index is -2.50. The van der Waals surface area contributed by atoms with Crippen LogP contribution in [0.3, 0.4) is 0 Å². The highest BCUT2D eigenvalue weighted by atomic mass is 19.3. The largest absolute Gasteiger partial charge is 0.465 e. The van der Waals surface area contributed by atoms with E-state index in [4.69, 9.17) is 4.74 Å². The van der Waals surface area contributed by atoms with E-state index >= 15 is 0 Å². The van der Waals surface area contributed by atoms with Gasteiger partial charge in [-0.2, -0.15) is 0 Å². The summed E-state index contributed by atoms with van der Waals surface area (Å²) in [4.78, 5) is 26.9. The summed E-state index contributed by atoms with van der Waals surface area (Å²) in [6.07, 6.45) is 4.73. The molecule has 5 rings (SSSR count). The third kappa shape index (κ3) is 2.75. The first-order chi connectivity index (χ1) is 13.9. The van der Waals surface area contributed by atoms with Crippen molar-refractivity contribution in [3.63, 3.8) is 0 Å². The number of alkyl halides is 2. The second-order valence-electron chi connectivity index (χ2n) is 7.63. The van der Waals surface area contributed by atoms with Gasteiger partial charge in [0.1, 0.15) is 17.8 Å². The first kappa shape index (κ1) is 18.0. The molecule has 1 saturated carbocycles. The van der Waals surface area contributed by atoms with E-state index in [9.17, 15) is 13.6 Å². The Morgan fingerprint density at radius 2 is 2.07 bits per heavy atom. The van der Waals surface area contributed by atoms with Crippen molar-refractivity contribution in [2.24, 2.45) is 11.8 Å². The average molecular weight is 399 g/mol. The van der Waals surface area contributed by atoms with Crippen molar-refractivity contribution >= 4 is 22.8 Å². The van der Waals surface area contributed by atoms with E-state index in [1.807, 2.05) is 28.5 Å². The molecule has 0 bridgehead atoms. The third-order valence-electron chi connectivity index (χ3n) is 5.99. The van der Waals surface area contributed by atoms with Gasteiger partial charge in [0.15, 0.2) is 0 Å². The average Bonchev–Trinajstić information content (AvgIpc) is 3.11. The Morgan fingerprint density at radius 1 is 1.31 bits per heavy atom. The summed E-state index contributed by atoms with van der Waals surface area (Å²) in [6, 6.07) is 3.82. The zero-order chi connectivity index (χ0) is 20.3. The van der Waals surface area contributed by atoms with Gasteiger partial charge < -0.3 is 14.2 Å². The predicted octanol–water partition coefficient (Wildman–Crippen LogP) is 2.67. The van der Waals surface area contributed by atoms with Crippen molar-refractivity contribution in [1.82, 2.24) is 19.5 Å². The van der Waals surface area contributed by atoms with Gasteiger partial charge in [-0.15, -0.1) is 0 Å². The lowest BCUT2D eigenvalue weighted by Gasteiger charge is -2.22. The molecule has 29 heavy (non-hydrogen) atoms. The fourth-order valence-electron chi connectivity index (χ4n) is 4.22. The normalized spacial score (nSPS) is 22.0. The maximum atomic E-state index is 13.4. The van der Waals surface area contributed by atoms with E-state index in [1.54, 1.807) is 12.4 Å². The number of hydrogen-bond acceptors (Lipinski definition) is 6. The molecule has 2 fully saturated rings. The summed E-state index contributed by atoms with van der Waals surface area (Å²) in [5, 5.41) is 0.624. The van der Waals surface area contributed by atoms with E-state index in [1.165, 1.54) is 13.4 Å². The molecule has 150 valence electrons. The van der Waals surface area contributed by atoms with Crippen LogP contribution in [0.25, 0.3) is 11.0 Å². The standard InChI is InChI=1S/C20H19F2N5O2/c1-11-12(3-4-17(25-11)26-8-15-16(9-26)20(15,21)22)6-27-7-14(19(28)29-2)13-5-23-10-24-18(13)27/h3-5,7,10,15-16H,6,8-9H2,1-2H3. The van der Waals surface area contributed by atoms with Crippen LogP contribution in [0.15, 0.2) is 30.9 Å². The Morgan fingerprint density at radius 3 is 2.76 bits per heavy atom. The number of carbonyl (C=O) groups is 1. The van der Waals surface area contributed by atoms with Crippen molar-refractivity contribution in [2.45, 2.75) is 19.4 Å². The number of fused-ring (bicyclic) bond motifs is 2. The first-order valence-corrected chi connectivity index (χ1v) is 9.36. The van der Waals surface area contributed by atoms with Crippen LogP contribution in [-0.2, 0) is 11.3 Å². The molecule has 2 atom stereocenters. The fraction of sp³-hybridized carbons (Fsp3) is 0.400. The maximum Gasteiger partial charge on any atom is 0.340 e. The smallest absolute Gasteiger partial charge is 0.340 e. The molecular weight excluding hydrogens is 380 g/mol. The van der Waals surface area contributed by atoms with Crippen LogP contribution in [0, 0.1) is 18.8 Å². The van der Waals surface area contributed by atoms with Gasteiger partial charge >= 0.3 is 5.97 Å². The number of nitrogens with zero attached hydrogens (tertiary/aromatic N) is 5. The highest BCUT2D eigenvalue weighted by Gasteiger charge is 2.71. The number of hydrogen-bond donors (Lipinski definition) is 0. The zero-order valence-electron chi connectivity index (χ0n) is 16.0. The first-order valence-electron chi connectivity index (χ1n) is 9.36. The SMILES string of the molecule is COC(=O)c1cn(Cc2ccc(N3CC4C(C3)C4(F)F)nc2C)c2ncncc12. The summed E-state index contributed by atoms with van der Waals surface area (Å²) in [7, 11) is 1.33. The number of carbonyl (C=O) groups excluding carboxylic acids is 1. The molecule has 4 heterocycles. The Hall–Kier alpha value is -3.10. The number of rotatable bonds is 4. The molecule has 9 heteroatoms. The lowest BCUT2D eigenvalue weighted by molar-refractivity contribution is 0.0602. The number of halogens is 2. The summed E-state index contributed by atoms with van der Waals surface area (Å²) in [5.41, 5.74) is 2.80. The van der Waals surface area contributed by atoms with Crippen LogP contribution in [0.1, 0.15) is 21.6 Å². The van der Waals surface area contributed by atoms with Crippen molar-refractivity contribution in [3.8, 4) is 0 Å². The molecule has 1 saturated heterocycles. The van der Waals surface area contributed by atoms with Gasteiger partial charge in [0.2, 0.25) is 0 Å². The van der Waals surface area contributed by atoms with Crippen LogP contribution in [-0.4, -0.2) is 51.6 Å². The Labute approximate surface area is 165 Å². The number of esters is 1. The van der Waals surface area contributed by atoms with Crippen LogP contribution < -0.4 is 4.90 Å². The van der Waals surface area contributed by atoms with Crippen LogP contribution in [0.4, 0.5) is 14.6 Å². The molecule has 0 aromatic carbocycles. The Bertz CT molecular complexity index is 1120. The molecule has 1 aliphatic carbocycles. The fourth-order valence-corrected chi connectivity index (χ4v) is 4.22. The minimum absolute atomic E-state index is 0.352. The third-order valence-corrected chi connectivity index (χ3v) is 5.99. The number of methoxy groups -OCH3 is 1. The van der Waals surface area contributed by atoms with Gasteiger partial charge in [-0.1, -0.05) is 6.07 Å². The summed E-state index contributed by atoms with van der Waals surface area (Å²) < 4.78 is 33.6. The summed E-state index contributed by atoms with van der Waals surface area (Å²) in [6.45, 7) is 3.06. The minimum Gasteiger partial charge on any atom is -0.465 e. The van der Waals surface area contributed by atoms with Crippen LogP contribution in [0.2, 0.25) is 0 Å². The number of aryl methyl sites for hydroxylation is 1. The molecule has 2 unspecified atom stereocenters. The molecular formula is C20H19F2N5O2. The molecule has 0 amide bonds. The van der Waals surface area contributed by atoms with Gasteiger partial charge in [-0.05, 0) is 18.6 Å². The van der Waals surface area contributed by atoms with E-state index < -0.39 is 23.7 Å². The molecule has 7 nitrogen and oxygen atoms in total. The molecule has 3 aromatic rings. The van der Waals surface area contributed by atoms with Crippen LogP contribution in [0.5, 0.6) is 0 Å². The van der Waals surface area contributed by atoms with Crippen molar-refractivity contribution in [2.75, 3.05) is 25.1 Å². The zero-order valence-corrected chi connectivity index (χ0v) is 16.0. The number of piperidine rings is 1. The van der Waals surface area contributed by atoms with Crippen molar-refractivity contribution in [3.05, 3.63) is 47.7 Å². The molecule has 0 spiro atoms. The van der Waals surface area contributed by atoms with E-state index in [2.05, 4.69) is 15.0 Å². The quantitative estimate of drug-likeness (QED) is 0.628. The maximum absolute atomic E-state index is 13.4. The second-order valence-corrected chi connectivity index (χ2v) is 7.63. The summed E-state index contributed by atoms with van der Waals surface area (Å²) in [5.74, 6) is -3.29. The molecule has 0 radical (unpaired) electrons. The van der Waals surface area contributed by atoms with E-state index in [-0.39, 0.29) is 0 Å². The van der Waals surface area contributed by atoms with Crippen LogP contribution >= 0.6 is 0 Å². The highest BCUT2D eigenvalue weighted by Crippen LogP contribution is 2.59. The van der Waals surface area contributed by atoms with Gasteiger partial charge in [0, 0.05) is 31.2 Å². The van der Waals surface area contributed by atoms with E-state index in [0.29, 0.717) is 36.2 Å². The summed E-state index contributed by atoms with van der Waals surface area (Å²) >= 11 is 0. The Kier molecular flexibility index (Phi) is 3.84. The molecule has 3 aromatic heterocycles. The topological polar surface area (TPSA) is 73.1 Å². The molecule has 0 N–H and O–H groups in total. The number of pyridine rings is 1. The molecule has 2 aliphatic rings. The number of aromatic nitrogens is 4. The molecule has 1 aliphatic heterocycles. The highest BCUT2D eigenvalue weighted by molar-refractivity contribution is 6.03.